The van der Waals surface area contributed by atoms with Crippen LogP contribution in [0, 0.1) is 11.8 Å². The lowest BCUT2D eigenvalue weighted by Gasteiger charge is -2.47. The van der Waals surface area contributed by atoms with Crippen molar-refractivity contribution >= 4 is 28.3 Å². The largest absolute Gasteiger partial charge is 0.274 e. The van der Waals surface area contributed by atoms with E-state index in [2.05, 4.69) is 77.9 Å². The normalized spacial score (nSPS) is 23.7. The quantitative estimate of drug-likeness (QED) is 0.243. The van der Waals surface area contributed by atoms with E-state index in [0.29, 0.717) is 5.69 Å². The van der Waals surface area contributed by atoms with Gasteiger partial charge in [-0.05, 0) is 55.7 Å². The summed E-state index contributed by atoms with van der Waals surface area (Å²) in [5, 5.41) is 1.97. The molecule has 39 heavy (non-hydrogen) atoms. The number of carbonyl (C=O) groups excluding carboxylic acids is 2. The Morgan fingerprint density at radius 1 is 0.564 bits per heavy atom. The molecular weight excluding hydrogens is 478 g/mol. The van der Waals surface area contributed by atoms with Crippen LogP contribution >= 0.6 is 0 Å². The SMILES string of the molecule is CC(C)(C)c1ccc2c(c1)C1c3ccc(C(C)(C)C)cc3C2C2C(=O)N(c3cccc4ccccc34)C(=O)C12. The second kappa shape index (κ2) is 7.91. The summed E-state index contributed by atoms with van der Waals surface area (Å²) in [7, 11) is 0. The number of nitrogens with zero attached hydrogens (tertiary/aromatic N) is 1. The fraction of sp³-hybridized carbons (Fsp3) is 0.333. The zero-order valence-electron chi connectivity index (χ0n) is 23.6. The molecule has 3 heteroatoms. The lowest BCUT2D eigenvalue weighted by molar-refractivity contribution is -0.122. The number of hydrogen-bond acceptors (Lipinski definition) is 2. The Kier molecular flexibility index (Phi) is 4.93. The second-order valence-electron chi connectivity index (χ2n) is 13.7. The highest BCUT2D eigenvalue weighted by molar-refractivity contribution is 6.26. The number of carbonyl (C=O) groups is 2. The fourth-order valence-electron chi connectivity index (χ4n) is 7.35. The first-order chi connectivity index (χ1) is 18.5. The summed E-state index contributed by atoms with van der Waals surface area (Å²) in [6.45, 7) is 13.4. The summed E-state index contributed by atoms with van der Waals surface area (Å²) in [6, 6.07) is 27.5. The number of rotatable bonds is 1. The van der Waals surface area contributed by atoms with Gasteiger partial charge in [-0.1, -0.05) is 114 Å². The molecule has 196 valence electrons. The van der Waals surface area contributed by atoms with Gasteiger partial charge in [-0.3, -0.25) is 9.59 Å². The van der Waals surface area contributed by atoms with Crippen molar-refractivity contribution in [3.8, 4) is 0 Å². The number of hydrogen-bond donors (Lipinski definition) is 0. The van der Waals surface area contributed by atoms with E-state index in [1.807, 2.05) is 42.5 Å². The molecule has 1 saturated heterocycles. The third kappa shape index (κ3) is 3.35. The summed E-state index contributed by atoms with van der Waals surface area (Å²) in [5.74, 6) is -1.16. The van der Waals surface area contributed by atoms with E-state index in [-0.39, 0.29) is 34.5 Å². The van der Waals surface area contributed by atoms with Crippen molar-refractivity contribution in [2.75, 3.05) is 4.90 Å². The Morgan fingerprint density at radius 2 is 1.05 bits per heavy atom. The zero-order valence-corrected chi connectivity index (χ0v) is 23.6. The van der Waals surface area contributed by atoms with Crippen LogP contribution in [0.2, 0.25) is 0 Å². The van der Waals surface area contributed by atoms with E-state index in [9.17, 15) is 9.59 Å². The fourth-order valence-corrected chi connectivity index (χ4v) is 7.35. The summed E-state index contributed by atoms with van der Waals surface area (Å²) >= 11 is 0. The molecule has 2 amide bonds. The number of imide groups is 1. The van der Waals surface area contributed by atoms with Crippen LogP contribution < -0.4 is 4.90 Å². The van der Waals surface area contributed by atoms with Gasteiger partial charge in [0.05, 0.1) is 17.5 Å². The van der Waals surface area contributed by atoms with Gasteiger partial charge in [0.2, 0.25) is 11.8 Å². The molecule has 2 bridgehead atoms. The predicted octanol–water partition coefficient (Wildman–Crippen LogP) is 7.83. The monoisotopic (exact) mass is 513 g/mol. The maximum atomic E-state index is 14.4. The van der Waals surface area contributed by atoms with E-state index >= 15 is 0 Å². The van der Waals surface area contributed by atoms with Crippen molar-refractivity contribution in [3.05, 3.63) is 112 Å². The van der Waals surface area contributed by atoms with E-state index in [4.69, 9.17) is 0 Å². The van der Waals surface area contributed by atoms with Crippen LogP contribution in [0.25, 0.3) is 10.8 Å². The molecule has 0 N–H and O–H groups in total. The van der Waals surface area contributed by atoms with Crippen molar-refractivity contribution in [1.29, 1.82) is 0 Å². The average Bonchev–Trinajstić information content (AvgIpc) is 3.16. The van der Waals surface area contributed by atoms with Crippen LogP contribution in [0.1, 0.15) is 86.8 Å². The summed E-state index contributed by atoms with van der Waals surface area (Å²) in [5.41, 5.74) is 8.11. The molecule has 4 unspecified atom stereocenters. The third-order valence-electron chi connectivity index (χ3n) is 9.37. The first-order valence-corrected chi connectivity index (χ1v) is 14.1. The van der Waals surface area contributed by atoms with Crippen LogP contribution in [0.3, 0.4) is 0 Å². The molecule has 8 rings (SSSR count). The summed E-state index contributed by atoms with van der Waals surface area (Å²) in [4.78, 5) is 30.4. The second-order valence-corrected chi connectivity index (χ2v) is 13.7. The lowest BCUT2D eigenvalue weighted by atomic mass is 9.54. The highest BCUT2D eigenvalue weighted by atomic mass is 16.2. The van der Waals surface area contributed by atoms with Crippen LogP contribution in [0.4, 0.5) is 5.69 Å². The molecule has 4 atom stereocenters. The Hall–Kier alpha value is -3.72. The maximum absolute atomic E-state index is 14.4. The number of benzene rings is 4. The lowest BCUT2D eigenvalue weighted by Crippen LogP contribution is -2.42. The van der Waals surface area contributed by atoms with Crippen LogP contribution in [0.15, 0.2) is 78.9 Å². The minimum atomic E-state index is -0.392. The van der Waals surface area contributed by atoms with Crippen LogP contribution in [-0.4, -0.2) is 11.8 Å². The van der Waals surface area contributed by atoms with Gasteiger partial charge in [-0.15, -0.1) is 0 Å². The van der Waals surface area contributed by atoms with Crippen molar-refractivity contribution in [3.63, 3.8) is 0 Å². The van der Waals surface area contributed by atoms with Crippen LogP contribution in [-0.2, 0) is 20.4 Å². The van der Waals surface area contributed by atoms with Gasteiger partial charge in [0.15, 0.2) is 0 Å². The Bertz CT molecular complexity index is 1610. The van der Waals surface area contributed by atoms with Gasteiger partial charge >= 0.3 is 0 Å². The molecule has 0 saturated carbocycles. The van der Waals surface area contributed by atoms with E-state index in [0.717, 1.165) is 10.8 Å². The molecule has 1 fully saturated rings. The Labute approximate surface area is 230 Å². The average molecular weight is 514 g/mol. The topological polar surface area (TPSA) is 37.4 Å². The first kappa shape index (κ1) is 24.3. The molecule has 4 aliphatic rings. The van der Waals surface area contributed by atoms with Gasteiger partial charge in [0, 0.05) is 17.2 Å². The van der Waals surface area contributed by atoms with Crippen molar-refractivity contribution in [1.82, 2.24) is 0 Å². The highest BCUT2D eigenvalue weighted by Crippen LogP contribution is 2.62. The zero-order chi connectivity index (χ0) is 27.4. The van der Waals surface area contributed by atoms with Crippen LogP contribution in [0.5, 0.6) is 0 Å². The summed E-state index contributed by atoms with van der Waals surface area (Å²) < 4.78 is 0. The van der Waals surface area contributed by atoms with E-state index in [1.54, 1.807) is 0 Å². The molecule has 1 aliphatic heterocycles. The van der Waals surface area contributed by atoms with Gasteiger partial charge in [0.25, 0.3) is 0 Å². The molecule has 0 spiro atoms. The van der Waals surface area contributed by atoms with Crippen molar-refractivity contribution in [2.24, 2.45) is 11.8 Å². The third-order valence-corrected chi connectivity index (χ3v) is 9.37. The van der Waals surface area contributed by atoms with Crippen molar-refractivity contribution in [2.45, 2.75) is 64.2 Å². The van der Waals surface area contributed by atoms with Crippen molar-refractivity contribution < 1.29 is 9.59 Å². The smallest absolute Gasteiger partial charge is 0.238 e. The molecule has 3 nitrogen and oxygen atoms in total. The first-order valence-electron chi connectivity index (χ1n) is 14.1. The minimum Gasteiger partial charge on any atom is -0.274 e. The molecule has 3 aliphatic carbocycles. The minimum absolute atomic E-state index is 0.00542. The maximum Gasteiger partial charge on any atom is 0.238 e. The van der Waals surface area contributed by atoms with Gasteiger partial charge in [0.1, 0.15) is 0 Å². The summed E-state index contributed by atoms with van der Waals surface area (Å²) in [6.07, 6.45) is 0. The van der Waals surface area contributed by atoms with E-state index in [1.165, 1.54) is 38.3 Å². The molecule has 0 aromatic heterocycles. The standard InChI is InChI=1S/C36H35NO2/c1-35(2,3)21-14-16-24-26(18-21)29-25-17-15-22(36(4,5)6)19-27(25)30(24)32-31(29)33(38)37(34(32)39)28-13-9-11-20-10-7-8-12-23(20)28/h7-19,29-32H,1-6H3. The number of fused-ring (bicyclic) bond motifs is 1. The number of anilines is 1. The molecule has 4 aromatic carbocycles. The predicted molar refractivity (Wildman–Crippen MR) is 157 cm³/mol. The molecular formula is C36H35NO2. The molecule has 4 aromatic rings. The molecule has 1 heterocycles. The number of amides is 2. The van der Waals surface area contributed by atoms with Gasteiger partial charge < -0.3 is 0 Å². The van der Waals surface area contributed by atoms with E-state index < -0.39 is 11.8 Å². The Morgan fingerprint density at radius 3 is 1.56 bits per heavy atom. The Balaban J connectivity index is 1.46. The van der Waals surface area contributed by atoms with Gasteiger partial charge in [-0.25, -0.2) is 4.90 Å². The highest BCUT2D eigenvalue weighted by Gasteiger charge is 2.62. The van der Waals surface area contributed by atoms with Gasteiger partial charge in [-0.2, -0.15) is 0 Å². The molecule has 0 radical (unpaired) electrons.